The number of rotatable bonds is 5. The lowest BCUT2D eigenvalue weighted by Crippen LogP contribution is -2.28. The zero-order valence-electron chi connectivity index (χ0n) is 10.2. The normalized spacial score (nSPS) is 17.7. The zero-order valence-corrected chi connectivity index (χ0v) is 11.2. The minimum absolute atomic E-state index is 0.760. The molecule has 0 fully saturated rings. The van der Waals surface area contributed by atoms with Gasteiger partial charge in [-0.3, -0.25) is 0 Å². The number of hydrogen-bond donors (Lipinski definition) is 0. The largest absolute Gasteiger partial charge is 0.0981 e. The van der Waals surface area contributed by atoms with Gasteiger partial charge in [-0.2, -0.15) is 0 Å². The van der Waals surface area contributed by atoms with E-state index in [0.717, 1.165) is 11.5 Å². The first-order valence-electron chi connectivity index (χ1n) is 5.63. The van der Waals surface area contributed by atoms with Crippen LogP contribution in [0.3, 0.4) is 0 Å². The van der Waals surface area contributed by atoms with Crippen molar-refractivity contribution in [3.8, 4) is 0 Å². The standard InChI is InChI=1S/C12H26Si/c1-7-11(3)9-10-13(5,6)12(4)8-2/h9-12H,7-8H2,1-6H3. The van der Waals surface area contributed by atoms with Crippen molar-refractivity contribution in [2.75, 3.05) is 0 Å². The molecule has 0 heterocycles. The average Bonchev–Trinajstić information content (AvgIpc) is 2.12. The van der Waals surface area contributed by atoms with E-state index in [2.05, 4.69) is 52.6 Å². The van der Waals surface area contributed by atoms with Crippen LogP contribution >= 0.6 is 0 Å². The summed E-state index contributed by atoms with van der Waals surface area (Å²) in [6.45, 7) is 14.2. The summed E-state index contributed by atoms with van der Waals surface area (Å²) in [4.78, 5) is 0. The van der Waals surface area contributed by atoms with Crippen LogP contribution in [0, 0.1) is 5.92 Å². The first-order valence-corrected chi connectivity index (χ1v) is 8.78. The second-order valence-electron chi connectivity index (χ2n) is 4.88. The Kier molecular flexibility index (Phi) is 5.62. The quantitative estimate of drug-likeness (QED) is 0.565. The zero-order chi connectivity index (χ0) is 10.5. The maximum atomic E-state index is 2.54. The molecular formula is C12H26Si. The molecule has 13 heavy (non-hydrogen) atoms. The van der Waals surface area contributed by atoms with E-state index in [4.69, 9.17) is 0 Å². The van der Waals surface area contributed by atoms with Gasteiger partial charge in [0.05, 0.1) is 8.07 Å². The third-order valence-electron chi connectivity index (χ3n) is 3.38. The second-order valence-corrected chi connectivity index (χ2v) is 9.84. The molecule has 1 heteroatoms. The Labute approximate surface area is 85.4 Å². The molecule has 0 amide bonds. The average molecular weight is 198 g/mol. The topological polar surface area (TPSA) is 0 Å². The lowest BCUT2D eigenvalue weighted by molar-refractivity contribution is 0.698. The van der Waals surface area contributed by atoms with Crippen molar-refractivity contribution in [2.45, 2.75) is 59.2 Å². The minimum atomic E-state index is -1.07. The second kappa shape index (κ2) is 5.64. The Morgan fingerprint density at radius 3 is 2.00 bits per heavy atom. The van der Waals surface area contributed by atoms with Gasteiger partial charge in [-0.25, -0.2) is 0 Å². The molecule has 0 N–H and O–H groups in total. The lowest BCUT2D eigenvalue weighted by atomic mass is 10.1. The monoisotopic (exact) mass is 198 g/mol. The van der Waals surface area contributed by atoms with Crippen molar-refractivity contribution in [1.29, 1.82) is 0 Å². The summed E-state index contributed by atoms with van der Waals surface area (Å²) >= 11 is 0. The smallest absolute Gasteiger partial charge is 0.0741 e. The molecule has 0 aliphatic heterocycles. The van der Waals surface area contributed by atoms with Gasteiger partial charge in [0, 0.05) is 0 Å². The van der Waals surface area contributed by atoms with Crippen molar-refractivity contribution in [1.82, 2.24) is 0 Å². The van der Waals surface area contributed by atoms with Crippen LogP contribution in [0.2, 0.25) is 18.6 Å². The van der Waals surface area contributed by atoms with Gasteiger partial charge in [0.2, 0.25) is 0 Å². The van der Waals surface area contributed by atoms with Crippen molar-refractivity contribution >= 4 is 8.07 Å². The molecule has 0 bridgehead atoms. The van der Waals surface area contributed by atoms with E-state index in [-0.39, 0.29) is 0 Å². The molecule has 78 valence electrons. The van der Waals surface area contributed by atoms with Crippen LogP contribution in [0.15, 0.2) is 11.8 Å². The molecule has 0 rings (SSSR count). The highest BCUT2D eigenvalue weighted by Gasteiger charge is 2.23. The Bertz CT molecular complexity index is 159. The first-order chi connectivity index (χ1) is 5.94. The summed E-state index contributed by atoms with van der Waals surface area (Å²) in [5, 5.41) is 0. The van der Waals surface area contributed by atoms with Gasteiger partial charge in [-0.1, -0.05) is 65.4 Å². The number of allylic oxidation sites excluding steroid dienone is 1. The predicted octanol–water partition coefficient (Wildman–Crippen LogP) is 4.64. The fraction of sp³-hybridized carbons (Fsp3) is 0.833. The minimum Gasteiger partial charge on any atom is -0.0981 e. The van der Waals surface area contributed by atoms with E-state index in [1.54, 1.807) is 0 Å². The van der Waals surface area contributed by atoms with E-state index in [1.807, 2.05) is 0 Å². The van der Waals surface area contributed by atoms with Crippen molar-refractivity contribution in [3.63, 3.8) is 0 Å². The molecule has 0 nitrogen and oxygen atoms in total. The fourth-order valence-corrected chi connectivity index (χ4v) is 3.44. The molecule has 2 unspecified atom stereocenters. The van der Waals surface area contributed by atoms with Gasteiger partial charge in [0.25, 0.3) is 0 Å². The van der Waals surface area contributed by atoms with Gasteiger partial charge < -0.3 is 0 Å². The molecule has 0 radical (unpaired) electrons. The van der Waals surface area contributed by atoms with Crippen LogP contribution in [-0.4, -0.2) is 8.07 Å². The molecule has 0 aromatic rings. The van der Waals surface area contributed by atoms with Gasteiger partial charge >= 0.3 is 0 Å². The number of hydrogen-bond acceptors (Lipinski definition) is 0. The van der Waals surface area contributed by atoms with Gasteiger partial charge in [-0.15, -0.1) is 0 Å². The van der Waals surface area contributed by atoms with E-state index in [0.29, 0.717) is 0 Å². The summed E-state index contributed by atoms with van der Waals surface area (Å²) in [6.07, 6.45) is 5.02. The summed E-state index contributed by atoms with van der Waals surface area (Å²) in [6, 6.07) is 0. The molecule has 0 saturated carbocycles. The molecule has 0 aromatic carbocycles. The van der Waals surface area contributed by atoms with Crippen LogP contribution in [0.1, 0.15) is 40.5 Å². The summed E-state index contributed by atoms with van der Waals surface area (Å²) in [5.41, 5.74) is 3.45. The molecule has 0 spiro atoms. The van der Waals surface area contributed by atoms with Crippen LogP contribution in [-0.2, 0) is 0 Å². The Balaban J connectivity index is 4.22. The maximum absolute atomic E-state index is 2.54. The van der Waals surface area contributed by atoms with Crippen LogP contribution in [0.5, 0.6) is 0 Å². The Morgan fingerprint density at radius 1 is 1.08 bits per heavy atom. The molecule has 0 aromatic heterocycles. The third kappa shape index (κ3) is 4.66. The highest BCUT2D eigenvalue weighted by atomic mass is 28.3. The molecule has 2 atom stereocenters. The van der Waals surface area contributed by atoms with Gasteiger partial charge in [0.1, 0.15) is 0 Å². The van der Waals surface area contributed by atoms with E-state index >= 15 is 0 Å². The summed E-state index contributed by atoms with van der Waals surface area (Å²) < 4.78 is 0. The van der Waals surface area contributed by atoms with Gasteiger partial charge in [-0.05, 0) is 11.5 Å². The predicted molar refractivity (Wildman–Crippen MR) is 65.8 cm³/mol. The van der Waals surface area contributed by atoms with E-state index in [9.17, 15) is 0 Å². The SMILES string of the molecule is CCC(C)C=C[Si](C)(C)C(C)CC. The van der Waals surface area contributed by atoms with E-state index in [1.165, 1.54) is 12.8 Å². The van der Waals surface area contributed by atoms with Crippen molar-refractivity contribution in [2.24, 2.45) is 5.92 Å². The highest BCUT2D eigenvalue weighted by Crippen LogP contribution is 2.26. The van der Waals surface area contributed by atoms with Gasteiger partial charge in [0.15, 0.2) is 0 Å². The van der Waals surface area contributed by atoms with Crippen molar-refractivity contribution in [3.05, 3.63) is 11.8 Å². The molecular weight excluding hydrogens is 172 g/mol. The third-order valence-corrected chi connectivity index (χ3v) is 7.38. The van der Waals surface area contributed by atoms with Crippen LogP contribution < -0.4 is 0 Å². The fourth-order valence-electron chi connectivity index (χ4n) is 1.24. The molecule has 0 aliphatic carbocycles. The Hall–Kier alpha value is -0.0431. The van der Waals surface area contributed by atoms with Crippen molar-refractivity contribution < 1.29 is 0 Å². The first kappa shape index (κ1) is 13.0. The summed E-state index contributed by atoms with van der Waals surface area (Å²) in [7, 11) is -1.07. The summed E-state index contributed by atoms with van der Waals surface area (Å²) in [5.74, 6) is 0.760. The Morgan fingerprint density at radius 2 is 1.62 bits per heavy atom. The molecule has 0 saturated heterocycles. The van der Waals surface area contributed by atoms with E-state index < -0.39 is 8.07 Å². The lowest BCUT2D eigenvalue weighted by Gasteiger charge is -2.25. The maximum Gasteiger partial charge on any atom is 0.0741 e. The van der Waals surface area contributed by atoms with Crippen LogP contribution in [0.4, 0.5) is 0 Å². The van der Waals surface area contributed by atoms with Crippen LogP contribution in [0.25, 0.3) is 0 Å². The highest BCUT2D eigenvalue weighted by molar-refractivity contribution is 6.83. The molecule has 0 aliphatic rings.